The number of benzene rings is 2. The van der Waals surface area contributed by atoms with Crippen LogP contribution in [-0.4, -0.2) is 65.0 Å². The number of carbonyl (C=O) groups is 3. The minimum Gasteiger partial charge on any atom is -0.353 e. The SMILES string of the molecule is CC(C)NC(=O)C1COC2(CCN(C(=O)c3ccccc3Cl)CC2)N1C(=O)c1ccccc1. The average molecular weight is 470 g/mol. The third kappa shape index (κ3) is 4.61. The first-order valence-corrected chi connectivity index (χ1v) is 11.6. The molecule has 3 amide bonds. The predicted molar refractivity (Wildman–Crippen MR) is 125 cm³/mol. The fourth-order valence-electron chi connectivity index (χ4n) is 4.53. The van der Waals surface area contributed by atoms with E-state index in [1.165, 1.54) is 0 Å². The first kappa shape index (κ1) is 23.3. The van der Waals surface area contributed by atoms with Crippen LogP contribution in [0.1, 0.15) is 47.4 Å². The van der Waals surface area contributed by atoms with Crippen molar-refractivity contribution in [3.63, 3.8) is 0 Å². The van der Waals surface area contributed by atoms with E-state index in [1.54, 1.807) is 58.3 Å². The summed E-state index contributed by atoms with van der Waals surface area (Å²) in [7, 11) is 0. The summed E-state index contributed by atoms with van der Waals surface area (Å²) in [5.74, 6) is -0.632. The Morgan fingerprint density at radius 3 is 2.27 bits per heavy atom. The normalized spacial score (nSPS) is 19.7. The molecule has 2 saturated heterocycles. The van der Waals surface area contributed by atoms with Crippen LogP contribution in [0.2, 0.25) is 5.02 Å². The monoisotopic (exact) mass is 469 g/mol. The molecular formula is C25H28ClN3O4. The molecule has 2 aromatic rings. The second kappa shape index (κ2) is 9.53. The molecule has 7 nitrogen and oxygen atoms in total. The lowest BCUT2D eigenvalue weighted by Gasteiger charge is -2.44. The van der Waals surface area contributed by atoms with Crippen molar-refractivity contribution in [2.45, 2.75) is 44.5 Å². The van der Waals surface area contributed by atoms with Crippen molar-refractivity contribution in [1.82, 2.24) is 15.1 Å². The minimum atomic E-state index is -0.941. The van der Waals surface area contributed by atoms with Crippen LogP contribution in [0.3, 0.4) is 0 Å². The maximum absolute atomic E-state index is 13.6. The first-order chi connectivity index (χ1) is 15.8. The van der Waals surface area contributed by atoms with Crippen molar-refractivity contribution in [2.24, 2.45) is 0 Å². The number of hydrogen-bond acceptors (Lipinski definition) is 4. The Hall–Kier alpha value is -2.90. The molecule has 8 heteroatoms. The fourth-order valence-corrected chi connectivity index (χ4v) is 4.75. The van der Waals surface area contributed by atoms with E-state index in [-0.39, 0.29) is 30.4 Å². The second-order valence-electron chi connectivity index (χ2n) is 8.75. The van der Waals surface area contributed by atoms with Crippen molar-refractivity contribution in [3.05, 3.63) is 70.7 Å². The van der Waals surface area contributed by atoms with Crippen LogP contribution in [0, 0.1) is 0 Å². The van der Waals surface area contributed by atoms with Gasteiger partial charge in [0, 0.05) is 37.5 Å². The van der Waals surface area contributed by atoms with E-state index < -0.39 is 11.8 Å². The van der Waals surface area contributed by atoms with Gasteiger partial charge in [0.2, 0.25) is 5.91 Å². The molecule has 2 aliphatic rings. The molecular weight excluding hydrogens is 442 g/mol. The zero-order valence-corrected chi connectivity index (χ0v) is 19.5. The van der Waals surface area contributed by atoms with Crippen molar-refractivity contribution in [2.75, 3.05) is 19.7 Å². The summed E-state index contributed by atoms with van der Waals surface area (Å²) in [6.07, 6.45) is 0.820. The molecule has 0 radical (unpaired) electrons. The largest absolute Gasteiger partial charge is 0.353 e. The van der Waals surface area contributed by atoms with Gasteiger partial charge < -0.3 is 15.0 Å². The first-order valence-electron chi connectivity index (χ1n) is 11.2. The molecule has 174 valence electrons. The number of nitrogens with one attached hydrogen (secondary N) is 1. The Balaban J connectivity index is 1.58. The number of amides is 3. The van der Waals surface area contributed by atoms with Gasteiger partial charge in [-0.05, 0) is 38.1 Å². The highest BCUT2D eigenvalue weighted by Gasteiger charge is 2.54. The zero-order valence-electron chi connectivity index (χ0n) is 18.8. The quantitative estimate of drug-likeness (QED) is 0.744. The molecule has 2 fully saturated rings. The maximum Gasteiger partial charge on any atom is 0.256 e. The van der Waals surface area contributed by atoms with E-state index in [0.717, 1.165) is 0 Å². The van der Waals surface area contributed by atoms with Gasteiger partial charge in [0.25, 0.3) is 11.8 Å². The van der Waals surface area contributed by atoms with E-state index in [2.05, 4.69) is 5.32 Å². The number of carbonyl (C=O) groups excluding carboxylic acids is 3. The highest BCUT2D eigenvalue weighted by atomic mass is 35.5. The van der Waals surface area contributed by atoms with E-state index in [4.69, 9.17) is 16.3 Å². The highest BCUT2D eigenvalue weighted by Crippen LogP contribution is 2.39. The number of rotatable bonds is 4. The van der Waals surface area contributed by atoms with Gasteiger partial charge in [0.15, 0.2) is 0 Å². The van der Waals surface area contributed by atoms with Gasteiger partial charge in [0.05, 0.1) is 17.2 Å². The Labute approximate surface area is 198 Å². The third-order valence-electron chi connectivity index (χ3n) is 6.17. The van der Waals surface area contributed by atoms with E-state index in [9.17, 15) is 14.4 Å². The van der Waals surface area contributed by atoms with Gasteiger partial charge in [-0.3, -0.25) is 19.3 Å². The van der Waals surface area contributed by atoms with Crippen LogP contribution in [0.15, 0.2) is 54.6 Å². The minimum absolute atomic E-state index is 0.0576. The highest BCUT2D eigenvalue weighted by molar-refractivity contribution is 6.33. The molecule has 4 rings (SSSR count). The number of piperidine rings is 1. The van der Waals surface area contributed by atoms with Crippen LogP contribution in [-0.2, 0) is 9.53 Å². The summed E-state index contributed by atoms with van der Waals surface area (Å²) in [6.45, 7) is 4.66. The molecule has 2 aliphatic heterocycles. The molecule has 1 N–H and O–H groups in total. The lowest BCUT2D eigenvalue weighted by Crippen LogP contribution is -2.60. The average Bonchev–Trinajstić information content (AvgIpc) is 3.18. The Bertz CT molecular complexity index is 1030. The number of hydrogen-bond donors (Lipinski definition) is 1. The van der Waals surface area contributed by atoms with Gasteiger partial charge in [-0.2, -0.15) is 0 Å². The third-order valence-corrected chi connectivity index (χ3v) is 6.50. The van der Waals surface area contributed by atoms with Crippen LogP contribution < -0.4 is 5.32 Å². The van der Waals surface area contributed by atoms with Crippen molar-refractivity contribution in [3.8, 4) is 0 Å². The zero-order chi connectivity index (χ0) is 23.6. The molecule has 2 aromatic carbocycles. The lowest BCUT2D eigenvalue weighted by molar-refractivity contribution is -0.128. The van der Waals surface area contributed by atoms with E-state index >= 15 is 0 Å². The fraction of sp³-hybridized carbons (Fsp3) is 0.400. The topological polar surface area (TPSA) is 79.0 Å². The van der Waals surface area contributed by atoms with Crippen molar-refractivity contribution >= 4 is 29.3 Å². The molecule has 2 heterocycles. The van der Waals surface area contributed by atoms with Crippen LogP contribution in [0.5, 0.6) is 0 Å². The van der Waals surface area contributed by atoms with Gasteiger partial charge in [-0.25, -0.2) is 0 Å². The standard InChI is InChI=1S/C25H28ClN3O4/c1-17(2)27-22(30)21-16-33-25(29(21)23(31)18-8-4-3-5-9-18)12-14-28(15-13-25)24(32)19-10-6-7-11-20(19)26/h3-11,17,21H,12-16H2,1-2H3,(H,27,30). The molecule has 33 heavy (non-hydrogen) atoms. The summed E-state index contributed by atoms with van der Waals surface area (Å²) in [5, 5.41) is 3.31. The summed E-state index contributed by atoms with van der Waals surface area (Å²) >= 11 is 6.22. The Morgan fingerprint density at radius 1 is 1.00 bits per heavy atom. The smallest absolute Gasteiger partial charge is 0.256 e. The summed E-state index contributed by atoms with van der Waals surface area (Å²) in [4.78, 5) is 42.9. The van der Waals surface area contributed by atoms with E-state index in [1.807, 2.05) is 19.9 Å². The Kier molecular flexibility index (Phi) is 6.72. The van der Waals surface area contributed by atoms with Gasteiger partial charge in [-0.15, -0.1) is 0 Å². The molecule has 0 bridgehead atoms. The molecule has 0 aromatic heterocycles. The summed E-state index contributed by atoms with van der Waals surface area (Å²) < 4.78 is 6.19. The van der Waals surface area contributed by atoms with Crippen molar-refractivity contribution in [1.29, 1.82) is 0 Å². The predicted octanol–water partition coefficient (Wildman–Crippen LogP) is 3.34. The molecule has 1 unspecified atom stereocenters. The number of likely N-dealkylation sites (tertiary alicyclic amines) is 1. The number of nitrogens with zero attached hydrogens (tertiary/aromatic N) is 2. The van der Waals surface area contributed by atoms with Gasteiger partial charge in [0.1, 0.15) is 11.8 Å². The van der Waals surface area contributed by atoms with Crippen LogP contribution >= 0.6 is 11.6 Å². The van der Waals surface area contributed by atoms with Crippen LogP contribution in [0.25, 0.3) is 0 Å². The van der Waals surface area contributed by atoms with Gasteiger partial charge in [-0.1, -0.05) is 41.9 Å². The number of halogens is 1. The Morgan fingerprint density at radius 2 is 1.64 bits per heavy atom. The lowest BCUT2D eigenvalue weighted by atomic mass is 9.96. The maximum atomic E-state index is 13.6. The van der Waals surface area contributed by atoms with Crippen molar-refractivity contribution < 1.29 is 19.1 Å². The van der Waals surface area contributed by atoms with Gasteiger partial charge >= 0.3 is 0 Å². The van der Waals surface area contributed by atoms with E-state index in [0.29, 0.717) is 42.1 Å². The van der Waals surface area contributed by atoms with Crippen LogP contribution in [0.4, 0.5) is 0 Å². The molecule has 1 atom stereocenters. The summed E-state index contributed by atoms with van der Waals surface area (Å²) in [5.41, 5.74) is 0.0107. The molecule has 0 aliphatic carbocycles. The second-order valence-corrected chi connectivity index (χ2v) is 9.16. The molecule has 0 saturated carbocycles. The number of ether oxygens (including phenoxy) is 1. The summed E-state index contributed by atoms with van der Waals surface area (Å²) in [6, 6.07) is 15.1. The molecule has 1 spiro atoms.